The SMILES string of the molecule is Cc1ccccc1CN(Cc1cccnc1)C(=O)c1cccc(S(=O)(=O)N2CC(C)OC(C)C2)c1. The number of hydrogen-bond donors (Lipinski definition) is 0. The van der Waals surface area contributed by atoms with Gasteiger partial charge in [-0.05, 0) is 61.7 Å². The van der Waals surface area contributed by atoms with Crippen LogP contribution >= 0.6 is 0 Å². The van der Waals surface area contributed by atoms with Crippen LogP contribution in [0.25, 0.3) is 0 Å². The molecule has 3 aromatic rings. The van der Waals surface area contributed by atoms with Crippen LogP contribution in [-0.2, 0) is 27.8 Å². The summed E-state index contributed by atoms with van der Waals surface area (Å²) in [6, 6.07) is 18.0. The van der Waals surface area contributed by atoms with Gasteiger partial charge in [-0.15, -0.1) is 0 Å². The zero-order chi connectivity index (χ0) is 25.0. The van der Waals surface area contributed by atoms with Gasteiger partial charge in [-0.2, -0.15) is 4.31 Å². The Balaban J connectivity index is 1.64. The van der Waals surface area contributed by atoms with E-state index in [9.17, 15) is 13.2 Å². The van der Waals surface area contributed by atoms with Gasteiger partial charge in [0.05, 0.1) is 17.1 Å². The molecule has 0 N–H and O–H groups in total. The molecule has 0 bridgehead atoms. The standard InChI is InChI=1S/C27H31N3O4S/c1-20-8-4-5-10-25(20)19-29(18-23-9-7-13-28-15-23)27(31)24-11-6-12-26(14-24)35(32,33)30-16-21(2)34-22(3)17-30/h4-15,21-22H,16-19H2,1-3H3. The average molecular weight is 494 g/mol. The first-order chi connectivity index (χ1) is 16.7. The summed E-state index contributed by atoms with van der Waals surface area (Å²) in [5, 5.41) is 0. The Hall–Kier alpha value is -3.07. The summed E-state index contributed by atoms with van der Waals surface area (Å²) in [7, 11) is -3.76. The van der Waals surface area contributed by atoms with Gasteiger partial charge in [0.25, 0.3) is 5.91 Å². The van der Waals surface area contributed by atoms with E-state index >= 15 is 0 Å². The molecule has 1 aromatic heterocycles. The number of pyridine rings is 1. The third-order valence-corrected chi connectivity index (χ3v) is 7.94. The largest absolute Gasteiger partial charge is 0.373 e. The Kier molecular flexibility index (Phi) is 7.64. The molecule has 0 saturated carbocycles. The number of sulfonamides is 1. The van der Waals surface area contributed by atoms with Crippen LogP contribution in [-0.4, -0.2) is 53.8 Å². The Bertz CT molecular complexity index is 1270. The monoisotopic (exact) mass is 493 g/mol. The lowest BCUT2D eigenvalue weighted by molar-refractivity contribution is -0.0440. The maximum absolute atomic E-state index is 13.7. The molecule has 1 amide bonds. The summed E-state index contributed by atoms with van der Waals surface area (Å²) in [5.74, 6) is -0.238. The second kappa shape index (κ2) is 10.7. The number of morpholine rings is 1. The van der Waals surface area contributed by atoms with Crippen molar-refractivity contribution in [1.29, 1.82) is 0 Å². The quantitative estimate of drug-likeness (QED) is 0.497. The van der Waals surface area contributed by atoms with E-state index in [1.54, 1.807) is 35.5 Å². The van der Waals surface area contributed by atoms with Crippen molar-refractivity contribution >= 4 is 15.9 Å². The minimum absolute atomic E-state index is 0.113. The summed E-state index contributed by atoms with van der Waals surface area (Å²) in [6.07, 6.45) is 3.04. The number of aromatic nitrogens is 1. The van der Waals surface area contributed by atoms with Crippen LogP contribution in [0.5, 0.6) is 0 Å². The number of aryl methyl sites for hydroxylation is 1. The molecular weight excluding hydrogens is 462 g/mol. The number of rotatable bonds is 7. The maximum Gasteiger partial charge on any atom is 0.254 e. The highest BCUT2D eigenvalue weighted by molar-refractivity contribution is 7.89. The van der Waals surface area contributed by atoms with Crippen molar-refractivity contribution in [3.05, 3.63) is 95.3 Å². The number of ether oxygens (including phenoxy) is 1. The van der Waals surface area contributed by atoms with Crippen molar-refractivity contribution in [2.45, 2.75) is 51.0 Å². The van der Waals surface area contributed by atoms with E-state index in [1.807, 2.05) is 57.2 Å². The van der Waals surface area contributed by atoms with Crippen LogP contribution in [0.4, 0.5) is 0 Å². The lowest BCUT2D eigenvalue weighted by atomic mass is 10.1. The van der Waals surface area contributed by atoms with E-state index in [1.165, 1.54) is 10.4 Å². The number of carbonyl (C=O) groups excluding carboxylic acids is 1. The fourth-order valence-electron chi connectivity index (χ4n) is 4.35. The molecule has 0 spiro atoms. The molecule has 0 aliphatic carbocycles. The van der Waals surface area contributed by atoms with Crippen LogP contribution < -0.4 is 0 Å². The minimum atomic E-state index is -3.76. The summed E-state index contributed by atoms with van der Waals surface area (Å²) < 4.78 is 33.9. The molecule has 1 aliphatic rings. The van der Waals surface area contributed by atoms with E-state index < -0.39 is 10.0 Å². The molecule has 8 heteroatoms. The summed E-state index contributed by atoms with van der Waals surface area (Å²) in [4.78, 5) is 19.7. The van der Waals surface area contributed by atoms with Crippen LogP contribution in [0.2, 0.25) is 0 Å². The summed E-state index contributed by atoms with van der Waals surface area (Å²) >= 11 is 0. The number of nitrogens with zero attached hydrogens (tertiary/aromatic N) is 3. The first-order valence-electron chi connectivity index (χ1n) is 11.7. The van der Waals surface area contributed by atoms with Crippen LogP contribution in [0, 0.1) is 6.92 Å². The fraction of sp³-hybridized carbons (Fsp3) is 0.333. The van der Waals surface area contributed by atoms with Crippen molar-refractivity contribution < 1.29 is 17.9 Å². The Labute approximate surface area is 207 Å². The van der Waals surface area contributed by atoms with Gasteiger partial charge in [0.2, 0.25) is 10.0 Å². The molecule has 1 aliphatic heterocycles. The molecule has 2 atom stereocenters. The maximum atomic E-state index is 13.7. The average Bonchev–Trinajstić information content (AvgIpc) is 2.84. The number of hydrogen-bond acceptors (Lipinski definition) is 5. The van der Waals surface area contributed by atoms with E-state index in [0.717, 1.165) is 16.7 Å². The number of carbonyl (C=O) groups is 1. The predicted molar refractivity (Wildman–Crippen MR) is 134 cm³/mol. The zero-order valence-electron chi connectivity index (χ0n) is 20.3. The molecule has 4 rings (SSSR count). The second-order valence-corrected chi connectivity index (χ2v) is 11.0. The third kappa shape index (κ3) is 5.96. The topological polar surface area (TPSA) is 79.8 Å². The second-order valence-electron chi connectivity index (χ2n) is 9.06. The zero-order valence-corrected chi connectivity index (χ0v) is 21.1. The van der Waals surface area contributed by atoms with E-state index in [-0.39, 0.29) is 36.1 Å². The Morgan fingerprint density at radius 1 is 1.03 bits per heavy atom. The van der Waals surface area contributed by atoms with E-state index in [0.29, 0.717) is 18.7 Å². The smallest absolute Gasteiger partial charge is 0.254 e. The highest BCUT2D eigenvalue weighted by Gasteiger charge is 2.32. The van der Waals surface area contributed by atoms with Crippen LogP contribution in [0.15, 0.2) is 78.0 Å². The van der Waals surface area contributed by atoms with Gasteiger partial charge >= 0.3 is 0 Å². The Morgan fingerprint density at radius 2 is 1.77 bits per heavy atom. The van der Waals surface area contributed by atoms with E-state index in [2.05, 4.69) is 4.98 Å². The third-order valence-electron chi connectivity index (χ3n) is 6.11. The van der Waals surface area contributed by atoms with Crippen molar-refractivity contribution in [3.8, 4) is 0 Å². The normalized spacial score (nSPS) is 18.8. The molecule has 0 radical (unpaired) electrons. The van der Waals surface area contributed by atoms with E-state index in [4.69, 9.17) is 4.74 Å². The molecule has 2 aromatic carbocycles. The number of amides is 1. The highest BCUT2D eigenvalue weighted by atomic mass is 32.2. The number of benzene rings is 2. The van der Waals surface area contributed by atoms with Gasteiger partial charge in [-0.1, -0.05) is 36.4 Å². The lowest BCUT2D eigenvalue weighted by Gasteiger charge is -2.34. The molecular formula is C27H31N3O4S. The minimum Gasteiger partial charge on any atom is -0.373 e. The highest BCUT2D eigenvalue weighted by Crippen LogP contribution is 2.23. The van der Waals surface area contributed by atoms with Crippen LogP contribution in [0.3, 0.4) is 0 Å². The van der Waals surface area contributed by atoms with Crippen molar-refractivity contribution in [3.63, 3.8) is 0 Å². The van der Waals surface area contributed by atoms with Gasteiger partial charge in [0.1, 0.15) is 0 Å². The summed E-state index contributed by atoms with van der Waals surface area (Å²) in [5.41, 5.74) is 3.35. The first kappa shape index (κ1) is 25.0. The first-order valence-corrected chi connectivity index (χ1v) is 13.2. The molecule has 35 heavy (non-hydrogen) atoms. The molecule has 1 fully saturated rings. The van der Waals surface area contributed by atoms with Gasteiger partial charge in [-0.3, -0.25) is 9.78 Å². The van der Waals surface area contributed by atoms with Gasteiger partial charge < -0.3 is 9.64 Å². The molecule has 184 valence electrons. The Morgan fingerprint density at radius 3 is 2.46 bits per heavy atom. The van der Waals surface area contributed by atoms with Gasteiger partial charge in [-0.25, -0.2) is 8.42 Å². The van der Waals surface area contributed by atoms with Crippen molar-refractivity contribution in [2.24, 2.45) is 0 Å². The molecule has 2 unspecified atom stereocenters. The molecule has 7 nitrogen and oxygen atoms in total. The summed E-state index contributed by atoms with van der Waals surface area (Å²) in [6.45, 7) is 7.06. The van der Waals surface area contributed by atoms with Crippen molar-refractivity contribution in [1.82, 2.24) is 14.2 Å². The predicted octanol–water partition coefficient (Wildman–Crippen LogP) is 4.03. The fourth-order valence-corrected chi connectivity index (χ4v) is 5.99. The molecule has 2 heterocycles. The van der Waals surface area contributed by atoms with Crippen LogP contribution in [0.1, 0.15) is 40.9 Å². The van der Waals surface area contributed by atoms with Crippen molar-refractivity contribution in [2.75, 3.05) is 13.1 Å². The lowest BCUT2D eigenvalue weighted by Crippen LogP contribution is -2.48. The van der Waals surface area contributed by atoms with Gasteiger partial charge in [0.15, 0.2) is 0 Å². The molecule has 1 saturated heterocycles. The van der Waals surface area contributed by atoms with Gasteiger partial charge in [0, 0.05) is 44.1 Å².